The van der Waals surface area contributed by atoms with Crippen LogP contribution < -0.4 is 5.32 Å². The number of hydrogen-bond donors (Lipinski definition) is 1. The van der Waals surface area contributed by atoms with Gasteiger partial charge in [-0.05, 0) is 37.6 Å². The van der Waals surface area contributed by atoms with Gasteiger partial charge in [-0.15, -0.1) is 0 Å². The van der Waals surface area contributed by atoms with E-state index >= 15 is 0 Å². The molecule has 0 aliphatic heterocycles. The third-order valence-electron chi connectivity index (χ3n) is 3.19. The van der Waals surface area contributed by atoms with Crippen molar-refractivity contribution in [3.05, 3.63) is 69.7 Å². The number of benzene rings is 2. The molecule has 0 fully saturated rings. The van der Waals surface area contributed by atoms with Crippen LogP contribution in [0.4, 0.5) is 0 Å². The highest BCUT2D eigenvalue weighted by Crippen LogP contribution is 2.25. The summed E-state index contributed by atoms with van der Waals surface area (Å²) in [7, 11) is 2.01. The van der Waals surface area contributed by atoms with Crippen LogP contribution >= 0.6 is 15.9 Å². The van der Waals surface area contributed by atoms with Crippen molar-refractivity contribution in [3.8, 4) is 0 Å². The Balaban J connectivity index is 2.20. The minimum absolute atomic E-state index is 0.336. The summed E-state index contributed by atoms with van der Waals surface area (Å²) < 4.78 is 1.16. The van der Waals surface area contributed by atoms with Crippen molar-refractivity contribution in [2.75, 3.05) is 7.05 Å². The average molecular weight is 304 g/mol. The van der Waals surface area contributed by atoms with Crippen molar-refractivity contribution in [3.63, 3.8) is 0 Å². The van der Waals surface area contributed by atoms with Crippen LogP contribution in [0.25, 0.3) is 0 Å². The van der Waals surface area contributed by atoms with Gasteiger partial charge < -0.3 is 5.32 Å². The molecule has 1 atom stereocenters. The highest BCUT2D eigenvalue weighted by molar-refractivity contribution is 9.10. The van der Waals surface area contributed by atoms with Crippen LogP contribution in [0.5, 0.6) is 0 Å². The number of nitrogens with one attached hydrogen (secondary N) is 1. The summed E-state index contributed by atoms with van der Waals surface area (Å²) in [5.41, 5.74) is 3.97. The van der Waals surface area contributed by atoms with Gasteiger partial charge in [0.15, 0.2) is 0 Å². The molecular weight excluding hydrogens is 286 g/mol. The quantitative estimate of drug-likeness (QED) is 0.890. The maximum atomic E-state index is 3.62. The average Bonchev–Trinajstić information content (AvgIpc) is 2.39. The largest absolute Gasteiger partial charge is 0.313 e. The maximum Gasteiger partial charge on any atom is 0.0369 e. The summed E-state index contributed by atoms with van der Waals surface area (Å²) >= 11 is 3.62. The van der Waals surface area contributed by atoms with Gasteiger partial charge in [0, 0.05) is 10.5 Å². The summed E-state index contributed by atoms with van der Waals surface area (Å²) in [6, 6.07) is 17.5. The normalized spacial score (nSPS) is 12.4. The lowest BCUT2D eigenvalue weighted by Gasteiger charge is -2.18. The van der Waals surface area contributed by atoms with Gasteiger partial charge in [0.25, 0.3) is 0 Å². The maximum absolute atomic E-state index is 3.62. The second-order valence-corrected chi connectivity index (χ2v) is 5.41. The Labute approximate surface area is 117 Å². The second-order valence-electron chi connectivity index (χ2n) is 4.55. The van der Waals surface area contributed by atoms with Crippen LogP contribution in [0.1, 0.15) is 22.7 Å². The molecule has 0 saturated heterocycles. The SMILES string of the molecule is CNC(Cc1ccc(C)cc1)c1ccccc1Br. The molecule has 0 radical (unpaired) electrons. The number of aryl methyl sites for hydroxylation is 1. The molecule has 1 N–H and O–H groups in total. The topological polar surface area (TPSA) is 12.0 Å². The smallest absolute Gasteiger partial charge is 0.0369 e. The van der Waals surface area contributed by atoms with E-state index in [0.717, 1.165) is 10.9 Å². The number of halogens is 1. The van der Waals surface area contributed by atoms with E-state index in [9.17, 15) is 0 Å². The Hall–Kier alpha value is -1.12. The number of likely N-dealkylation sites (N-methyl/N-ethyl adjacent to an activating group) is 1. The van der Waals surface area contributed by atoms with Crippen molar-refractivity contribution in [2.24, 2.45) is 0 Å². The van der Waals surface area contributed by atoms with Gasteiger partial charge >= 0.3 is 0 Å². The Morgan fingerprint density at radius 3 is 2.33 bits per heavy atom. The van der Waals surface area contributed by atoms with Crippen molar-refractivity contribution < 1.29 is 0 Å². The molecule has 0 heterocycles. The van der Waals surface area contributed by atoms with Crippen LogP contribution in [0.15, 0.2) is 53.0 Å². The first-order valence-electron chi connectivity index (χ1n) is 6.18. The van der Waals surface area contributed by atoms with Crippen LogP contribution in [-0.2, 0) is 6.42 Å². The van der Waals surface area contributed by atoms with Crippen molar-refractivity contribution in [1.82, 2.24) is 5.32 Å². The van der Waals surface area contributed by atoms with Gasteiger partial charge in [-0.2, -0.15) is 0 Å². The van der Waals surface area contributed by atoms with E-state index in [1.807, 2.05) is 13.1 Å². The van der Waals surface area contributed by atoms with Crippen LogP contribution in [0.2, 0.25) is 0 Å². The minimum Gasteiger partial charge on any atom is -0.313 e. The molecule has 0 amide bonds. The van der Waals surface area contributed by atoms with Crippen molar-refractivity contribution in [1.29, 1.82) is 0 Å². The molecule has 18 heavy (non-hydrogen) atoms. The van der Waals surface area contributed by atoms with Crippen LogP contribution in [0, 0.1) is 6.92 Å². The Kier molecular flexibility index (Phi) is 4.56. The second kappa shape index (κ2) is 6.17. The fraction of sp³-hybridized carbons (Fsp3) is 0.250. The van der Waals surface area contributed by atoms with E-state index in [1.165, 1.54) is 16.7 Å². The molecule has 2 aromatic carbocycles. The fourth-order valence-electron chi connectivity index (χ4n) is 2.09. The standard InChI is InChI=1S/C16H18BrN/c1-12-7-9-13(10-8-12)11-16(18-2)14-5-3-4-6-15(14)17/h3-10,16,18H,11H2,1-2H3. The zero-order valence-electron chi connectivity index (χ0n) is 10.8. The van der Waals surface area contributed by atoms with Gasteiger partial charge in [-0.1, -0.05) is 64.0 Å². The minimum atomic E-state index is 0.336. The number of rotatable bonds is 4. The molecule has 2 rings (SSSR count). The molecule has 94 valence electrons. The lowest BCUT2D eigenvalue weighted by Crippen LogP contribution is -2.19. The molecule has 0 saturated carbocycles. The van der Waals surface area contributed by atoms with Crippen LogP contribution in [-0.4, -0.2) is 7.05 Å². The third-order valence-corrected chi connectivity index (χ3v) is 3.91. The van der Waals surface area contributed by atoms with Gasteiger partial charge in [-0.25, -0.2) is 0 Å². The molecule has 0 aliphatic carbocycles. The summed E-state index contributed by atoms with van der Waals surface area (Å²) in [6.07, 6.45) is 0.999. The van der Waals surface area contributed by atoms with E-state index in [0.29, 0.717) is 6.04 Å². The van der Waals surface area contributed by atoms with E-state index in [4.69, 9.17) is 0 Å². The zero-order chi connectivity index (χ0) is 13.0. The molecule has 2 aromatic rings. The first kappa shape index (κ1) is 13.3. The van der Waals surface area contributed by atoms with E-state index in [-0.39, 0.29) is 0 Å². The first-order chi connectivity index (χ1) is 8.70. The summed E-state index contributed by atoms with van der Waals surface area (Å²) in [4.78, 5) is 0. The molecule has 1 unspecified atom stereocenters. The van der Waals surface area contributed by atoms with E-state index in [2.05, 4.69) is 70.6 Å². The van der Waals surface area contributed by atoms with Gasteiger partial charge in [0.05, 0.1) is 0 Å². The van der Waals surface area contributed by atoms with Gasteiger partial charge in [0.2, 0.25) is 0 Å². The molecular formula is C16H18BrN. The van der Waals surface area contributed by atoms with Gasteiger partial charge in [-0.3, -0.25) is 0 Å². The van der Waals surface area contributed by atoms with Crippen LogP contribution in [0.3, 0.4) is 0 Å². The lowest BCUT2D eigenvalue weighted by atomic mass is 9.98. The van der Waals surface area contributed by atoms with Crippen molar-refractivity contribution >= 4 is 15.9 Å². The molecule has 0 spiro atoms. The van der Waals surface area contributed by atoms with Crippen molar-refractivity contribution in [2.45, 2.75) is 19.4 Å². The Morgan fingerprint density at radius 1 is 1.06 bits per heavy atom. The lowest BCUT2D eigenvalue weighted by molar-refractivity contribution is 0.590. The fourth-order valence-corrected chi connectivity index (χ4v) is 2.65. The summed E-state index contributed by atoms with van der Waals surface area (Å²) in [5.74, 6) is 0. The van der Waals surface area contributed by atoms with Gasteiger partial charge in [0.1, 0.15) is 0 Å². The Bertz CT molecular complexity index is 505. The third kappa shape index (κ3) is 3.21. The Morgan fingerprint density at radius 2 is 1.72 bits per heavy atom. The molecule has 0 aliphatic rings. The van der Waals surface area contributed by atoms with E-state index in [1.54, 1.807) is 0 Å². The monoisotopic (exact) mass is 303 g/mol. The highest BCUT2D eigenvalue weighted by atomic mass is 79.9. The van der Waals surface area contributed by atoms with E-state index < -0.39 is 0 Å². The molecule has 0 aromatic heterocycles. The summed E-state index contributed by atoms with van der Waals surface area (Å²) in [5, 5.41) is 3.39. The predicted molar refractivity (Wildman–Crippen MR) is 80.8 cm³/mol. The first-order valence-corrected chi connectivity index (χ1v) is 6.97. The number of hydrogen-bond acceptors (Lipinski definition) is 1. The highest BCUT2D eigenvalue weighted by Gasteiger charge is 2.12. The zero-order valence-corrected chi connectivity index (χ0v) is 12.4. The summed E-state index contributed by atoms with van der Waals surface area (Å²) in [6.45, 7) is 2.12. The molecule has 2 heteroatoms. The molecule has 1 nitrogen and oxygen atoms in total. The predicted octanol–water partition coefficient (Wildman–Crippen LogP) is 4.26. The molecule has 0 bridgehead atoms.